The maximum atomic E-state index is 8.31. The van der Waals surface area contributed by atoms with E-state index >= 15 is 0 Å². The van der Waals surface area contributed by atoms with Gasteiger partial charge in [0.2, 0.25) is 0 Å². The van der Waals surface area contributed by atoms with Crippen LogP contribution in [-0.4, -0.2) is 18.2 Å². The molecule has 1 aromatic carbocycles. The van der Waals surface area contributed by atoms with Gasteiger partial charge in [0.05, 0.1) is 12.3 Å². The lowest BCUT2D eigenvalue weighted by Crippen LogP contribution is -2.01. The van der Waals surface area contributed by atoms with Crippen LogP contribution in [0.2, 0.25) is 0 Å². The quantitative estimate of drug-likeness (QED) is 0.440. The topological polar surface area (TPSA) is 53.8 Å². The summed E-state index contributed by atoms with van der Waals surface area (Å²) in [6, 6.07) is 7.45. The summed E-state index contributed by atoms with van der Waals surface area (Å²) in [6.45, 7) is 0.820. The van der Waals surface area contributed by atoms with Crippen molar-refractivity contribution in [2.24, 2.45) is 10.9 Å². The Morgan fingerprint density at radius 2 is 2.13 bits per heavy atom. The molecule has 0 heterocycles. The second-order valence-corrected chi connectivity index (χ2v) is 3.64. The molecule has 0 saturated heterocycles. The van der Waals surface area contributed by atoms with Crippen LogP contribution in [0.3, 0.4) is 0 Å². The van der Waals surface area contributed by atoms with Gasteiger partial charge in [0.15, 0.2) is 0 Å². The summed E-state index contributed by atoms with van der Waals surface area (Å²) in [5, 5.41) is 8.31. The van der Waals surface area contributed by atoms with Crippen molar-refractivity contribution in [3.8, 4) is 5.75 Å². The van der Waals surface area contributed by atoms with Crippen LogP contribution in [0.15, 0.2) is 29.3 Å². The average molecular weight is 206 g/mol. The van der Waals surface area contributed by atoms with E-state index in [2.05, 4.69) is 4.99 Å². The summed E-state index contributed by atoms with van der Waals surface area (Å²) in [7, 11) is 0. The molecule has 1 saturated carbocycles. The molecule has 4 nitrogen and oxygen atoms in total. The second kappa shape index (κ2) is 4.79. The maximum Gasteiger partial charge on any atom is 0.119 e. The highest BCUT2D eigenvalue weighted by Crippen LogP contribution is 2.29. The Kier molecular flexibility index (Phi) is 3.19. The molecule has 0 aromatic heterocycles. The van der Waals surface area contributed by atoms with Crippen LogP contribution in [0.25, 0.3) is 0 Å². The molecule has 0 atom stereocenters. The van der Waals surface area contributed by atoms with Crippen LogP contribution in [0.1, 0.15) is 12.8 Å². The number of nitrogens with one attached hydrogen (secondary N) is 1. The van der Waals surface area contributed by atoms with E-state index in [-0.39, 0.29) is 0 Å². The number of hydrogen-bond acceptors (Lipinski definition) is 3. The Morgan fingerprint density at radius 1 is 1.40 bits per heavy atom. The third-order valence-corrected chi connectivity index (χ3v) is 2.29. The zero-order chi connectivity index (χ0) is 10.5. The fourth-order valence-electron chi connectivity index (χ4n) is 1.23. The molecule has 15 heavy (non-hydrogen) atoms. The molecule has 0 amide bonds. The van der Waals surface area contributed by atoms with Gasteiger partial charge in [-0.15, -0.1) is 0 Å². The molecule has 0 unspecified atom stereocenters. The number of ether oxygens (including phenoxy) is 1. The van der Waals surface area contributed by atoms with Gasteiger partial charge in [-0.05, 0) is 43.0 Å². The standard InChI is InChI=1S/C11H14N2O2/c14-13-8-12-10-3-5-11(6-4-10)15-7-9-1-2-9/h3-6,8-9,14H,1-2,7H2,(H,12,13). The lowest BCUT2D eigenvalue weighted by molar-refractivity contribution is 0.240. The van der Waals surface area contributed by atoms with Gasteiger partial charge in [0.1, 0.15) is 12.1 Å². The number of rotatable bonds is 5. The average Bonchev–Trinajstić information content (AvgIpc) is 3.09. The molecule has 1 aliphatic rings. The highest BCUT2D eigenvalue weighted by atomic mass is 16.5. The highest BCUT2D eigenvalue weighted by Gasteiger charge is 2.21. The first-order valence-corrected chi connectivity index (χ1v) is 5.03. The van der Waals surface area contributed by atoms with E-state index in [0.717, 1.165) is 24.0 Å². The van der Waals surface area contributed by atoms with Gasteiger partial charge >= 0.3 is 0 Å². The predicted molar refractivity (Wildman–Crippen MR) is 57.7 cm³/mol. The van der Waals surface area contributed by atoms with Crippen LogP contribution in [0.4, 0.5) is 5.69 Å². The van der Waals surface area contributed by atoms with E-state index < -0.39 is 0 Å². The summed E-state index contributed by atoms with van der Waals surface area (Å²) < 4.78 is 5.57. The Balaban J connectivity index is 1.87. The van der Waals surface area contributed by atoms with E-state index in [1.54, 1.807) is 0 Å². The third kappa shape index (κ3) is 3.25. The molecule has 0 bridgehead atoms. The SMILES string of the molecule is ONC=Nc1ccc(OCC2CC2)cc1. The summed E-state index contributed by atoms with van der Waals surface area (Å²) in [4.78, 5) is 3.93. The van der Waals surface area contributed by atoms with E-state index in [0.29, 0.717) is 0 Å². The Hall–Kier alpha value is -1.55. The molecule has 0 spiro atoms. The van der Waals surface area contributed by atoms with Gasteiger partial charge in [-0.1, -0.05) is 0 Å². The minimum atomic E-state index is 0.765. The zero-order valence-electron chi connectivity index (χ0n) is 8.39. The summed E-state index contributed by atoms with van der Waals surface area (Å²) in [6.07, 6.45) is 3.81. The van der Waals surface area contributed by atoms with Crippen LogP contribution in [0.5, 0.6) is 5.75 Å². The Bertz CT molecular complexity index is 331. The highest BCUT2D eigenvalue weighted by molar-refractivity contribution is 5.59. The first-order valence-electron chi connectivity index (χ1n) is 5.03. The molecule has 0 radical (unpaired) electrons. The van der Waals surface area contributed by atoms with E-state index in [1.807, 2.05) is 29.7 Å². The van der Waals surface area contributed by atoms with E-state index in [9.17, 15) is 0 Å². The molecule has 1 fully saturated rings. The molecular formula is C11H14N2O2. The molecule has 2 rings (SSSR count). The molecule has 2 N–H and O–H groups in total. The fraction of sp³-hybridized carbons (Fsp3) is 0.364. The van der Waals surface area contributed by atoms with Crippen molar-refractivity contribution in [1.82, 2.24) is 5.48 Å². The number of benzene rings is 1. The van der Waals surface area contributed by atoms with Crippen LogP contribution in [0, 0.1) is 5.92 Å². The number of aliphatic imine (C=N–C) groups is 1. The van der Waals surface area contributed by atoms with E-state index in [1.165, 1.54) is 19.2 Å². The summed E-state index contributed by atoms with van der Waals surface area (Å²) in [5.74, 6) is 1.64. The largest absolute Gasteiger partial charge is 0.493 e. The van der Waals surface area contributed by atoms with Gasteiger partial charge in [-0.3, -0.25) is 10.7 Å². The number of hydroxylamine groups is 1. The van der Waals surface area contributed by atoms with Crippen molar-refractivity contribution in [2.75, 3.05) is 6.61 Å². The second-order valence-electron chi connectivity index (χ2n) is 3.64. The lowest BCUT2D eigenvalue weighted by Gasteiger charge is -2.04. The van der Waals surface area contributed by atoms with Crippen molar-refractivity contribution in [3.05, 3.63) is 24.3 Å². The van der Waals surface area contributed by atoms with Gasteiger partial charge < -0.3 is 4.74 Å². The maximum absolute atomic E-state index is 8.31. The van der Waals surface area contributed by atoms with Crippen molar-refractivity contribution < 1.29 is 9.94 Å². The normalized spacial score (nSPS) is 15.5. The Labute approximate surface area is 88.6 Å². The summed E-state index contributed by atoms with van der Waals surface area (Å²) >= 11 is 0. The molecule has 4 heteroatoms. The molecular weight excluding hydrogens is 192 g/mol. The van der Waals surface area contributed by atoms with Crippen molar-refractivity contribution >= 4 is 12.0 Å². The first-order chi connectivity index (χ1) is 7.38. The smallest absolute Gasteiger partial charge is 0.119 e. The third-order valence-electron chi connectivity index (χ3n) is 2.29. The van der Waals surface area contributed by atoms with Crippen LogP contribution >= 0.6 is 0 Å². The minimum absolute atomic E-state index is 0.765. The van der Waals surface area contributed by atoms with Gasteiger partial charge in [0, 0.05) is 0 Å². The fourth-order valence-corrected chi connectivity index (χ4v) is 1.23. The Morgan fingerprint density at radius 3 is 2.73 bits per heavy atom. The van der Waals surface area contributed by atoms with Gasteiger partial charge in [0.25, 0.3) is 0 Å². The zero-order valence-corrected chi connectivity index (χ0v) is 8.39. The monoisotopic (exact) mass is 206 g/mol. The van der Waals surface area contributed by atoms with Crippen LogP contribution in [-0.2, 0) is 0 Å². The van der Waals surface area contributed by atoms with Gasteiger partial charge in [-0.25, -0.2) is 4.99 Å². The van der Waals surface area contributed by atoms with Crippen LogP contribution < -0.4 is 10.2 Å². The van der Waals surface area contributed by atoms with Crippen molar-refractivity contribution in [3.63, 3.8) is 0 Å². The molecule has 1 aromatic rings. The predicted octanol–water partition coefficient (Wildman–Crippen LogP) is 2.11. The first kappa shape index (κ1) is 9.98. The summed E-state index contributed by atoms with van der Waals surface area (Å²) in [5.41, 5.74) is 2.63. The molecule has 80 valence electrons. The van der Waals surface area contributed by atoms with E-state index in [4.69, 9.17) is 9.94 Å². The molecule has 0 aliphatic heterocycles. The van der Waals surface area contributed by atoms with Crippen molar-refractivity contribution in [1.29, 1.82) is 0 Å². The lowest BCUT2D eigenvalue weighted by atomic mass is 10.3. The van der Waals surface area contributed by atoms with Crippen molar-refractivity contribution in [2.45, 2.75) is 12.8 Å². The van der Waals surface area contributed by atoms with Gasteiger partial charge in [-0.2, -0.15) is 0 Å². The minimum Gasteiger partial charge on any atom is -0.493 e. The number of hydrogen-bond donors (Lipinski definition) is 2. The number of nitrogens with zero attached hydrogens (tertiary/aromatic N) is 1. The molecule has 1 aliphatic carbocycles.